The number of hydrogen-bond acceptors (Lipinski definition) is 9. The standard InChI is InChI=1S/C37H46N4O7/c1-36(2,3)48-35(42)41-19-29(20-41)45-13-5-12-43-21-37(22-44-23-37)24-46-27-15-28(16-27)47-34-9-7-26(17-39-34)25-6-8-30-31-18-38-11-10-32(31)40(4)33(30)14-25/h6-11,14,17-18,27-29H,5,12-13,15-16,19-24H2,1-4H3. The second kappa shape index (κ2) is 13.6. The lowest BCUT2D eigenvalue weighted by Crippen LogP contribution is -2.56. The van der Waals surface area contributed by atoms with Gasteiger partial charge in [0, 0.05) is 79.6 Å². The van der Waals surface area contributed by atoms with Crippen LogP contribution in [0.3, 0.4) is 0 Å². The molecule has 1 amide bonds. The Hall–Kier alpha value is -3.77. The maximum absolute atomic E-state index is 12.0. The Morgan fingerprint density at radius 1 is 0.917 bits per heavy atom. The van der Waals surface area contributed by atoms with E-state index in [9.17, 15) is 4.79 Å². The Morgan fingerprint density at radius 2 is 1.73 bits per heavy atom. The number of benzene rings is 1. The number of aryl methyl sites for hydroxylation is 1. The van der Waals surface area contributed by atoms with Crippen molar-refractivity contribution in [2.24, 2.45) is 12.5 Å². The van der Waals surface area contributed by atoms with Crippen molar-refractivity contribution in [2.45, 2.75) is 63.9 Å². The fourth-order valence-corrected chi connectivity index (χ4v) is 6.39. The summed E-state index contributed by atoms with van der Waals surface area (Å²) in [5.74, 6) is 0.637. The van der Waals surface area contributed by atoms with Crippen LogP contribution < -0.4 is 4.74 Å². The van der Waals surface area contributed by atoms with Gasteiger partial charge in [0.25, 0.3) is 0 Å². The van der Waals surface area contributed by atoms with Crippen LogP contribution in [0.5, 0.6) is 5.88 Å². The number of nitrogens with zero attached hydrogens (tertiary/aromatic N) is 4. The topological polar surface area (TPSA) is 106 Å². The van der Waals surface area contributed by atoms with E-state index >= 15 is 0 Å². The highest BCUT2D eigenvalue weighted by atomic mass is 16.6. The summed E-state index contributed by atoms with van der Waals surface area (Å²) >= 11 is 0. The van der Waals surface area contributed by atoms with Gasteiger partial charge in [-0.15, -0.1) is 0 Å². The molecule has 1 saturated carbocycles. The van der Waals surface area contributed by atoms with E-state index in [1.165, 1.54) is 16.4 Å². The molecule has 1 aliphatic carbocycles. The molecule has 11 nitrogen and oxygen atoms in total. The first-order valence-corrected chi connectivity index (χ1v) is 17.0. The molecule has 1 aromatic carbocycles. The number of amides is 1. The van der Waals surface area contributed by atoms with Crippen LogP contribution in [0.1, 0.15) is 40.0 Å². The van der Waals surface area contributed by atoms with Gasteiger partial charge in [0.1, 0.15) is 11.7 Å². The van der Waals surface area contributed by atoms with E-state index in [1.807, 2.05) is 45.4 Å². The van der Waals surface area contributed by atoms with Crippen molar-refractivity contribution >= 4 is 27.9 Å². The summed E-state index contributed by atoms with van der Waals surface area (Å²) in [7, 11) is 2.09. The summed E-state index contributed by atoms with van der Waals surface area (Å²) in [6, 6.07) is 12.6. The van der Waals surface area contributed by atoms with E-state index in [2.05, 4.69) is 51.9 Å². The molecular formula is C37H46N4O7. The van der Waals surface area contributed by atoms with Gasteiger partial charge in [0.15, 0.2) is 0 Å². The number of likely N-dealkylation sites (tertiary alicyclic amines) is 1. The van der Waals surface area contributed by atoms with E-state index in [0.717, 1.165) is 35.8 Å². The lowest BCUT2D eigenvalue weighted by Gasteiger charge is -2.43. The minimum atomic E-state index is -0.482. The summed E-state index contributed by atoms with van der Waals surface area (Å²) in [5, 5.41) is 2.36. The molecule has 0 bridgehead atoms. The quantitative estimate of drug-likeness (QED) is 0.166. The van der Waals surface area contributed by atoms with Crippen LogP contribution >= 0.6 is 0 Å². The van der Waals surface area contributed by atoms with Gasteiger partial charge in [-0.1, -0.05) is 12.1 Å². The smallest absolute Gasteiger partial charge is 0.410 e. The first-order valence-electron chi connectivity index (χ1n) is 17.0. The third-order valence-electron chi connectivity index (χ3n) is 9.35. The minimum absolute atomic E-state index is 0.0674. The van der Waals surface area contributed by atoms with Crippen molar-refractivity contribution in [3.63, 3.8) is 0 Å². The molecule has 4 aromatic rings. The molecular weight excluding hydrogens is 612 g/mol. The lowest BCUT2D eigenvalue weighted by atomic mass is 9.87. The van der Waals surface area contributed by atoms with Crippen molar-refractivity contribution in [3.05, 3.63) is 55.0 Å². The largest absolute Gasteiger partial charge is 0.474 e. The van der Waals surface area contributed by atoms with E-state index in [-0.39, 0.29) is 29.8 Å². The molecule has 2 aliphatic heterocycles. The molecule has 0 N–H and O–H groups in total. The van der Waals surface area contributed by atoms with Gasteiger partial charge in [-0.25, -0.2) is 9.78 Å². The number of carbonyl (C=O) groups excluding carboxylic acids is 1. The van der Waals surface area contributed by atoms with Gasteiger partial charge in [-0.05, 0) is 51.0 Å². The molecule has 3 aliphatic rings. The number of ether oxygens (including phenoxy) is 6. The molecule has 2 saturated heterocycles. The van der Waals surface area contributed by atoms with Crippen LogP contribution in [0.2, 0.25) is 0 Å². The highest BCUT2D eigenvalue weighted by Crippen LogP contribution is 2.34. The normalized spacial score (nSPS) is 20.7. The molecule has 256 valence electrons. The Labute approximate surface area is 281 Å². The van der Waals surface area contributed by atoms with Crippen LogP contribution in [-0.4, -0.2) is 102 Å². The lowest BCUT2D eigenvalue weighted by molar-refractivity contribution is -0.197. The summed E-state index contributed by atoms with van der Waals surface area (Å²) in [4.78, 5) is 22.6. The van der Waals surface area contributed by atoms with Crippen LogP contribution in [0.4, 0.5) is 4.79 Å². The van der Waals surface area contributed by atoms with Gasteiger partial charge < -0.3 is 37.9 Å². The van der Waals surface area contributed by atoms with Crippen LogP contribution in [0.25, 0.3) is 32.9 Å². The first kappa shape index (κ1) is 32.8. The van der Waals surface area contributed by atoms with E-state index in [4.69, 9.17) is 28.4 Å². The molecule has 0 atom stereocenters. The van der Waals surface area contributed by atoms with E-state index < -0.39 is 5.60 Å². The number of aromatic nitrogens is 3. The summed E-state index contributed by atoms with van der Waals surface area (Å²) in [6.07, 6.45) is 8.19. The number of rotatable bonds is 13. The van der Waals surface area contributed by atoms with Crippen molar-refractivity contribution in [2.75, 3.05) is 52.7 Å². The first-order chi connectivity index (χ1) is 23.1. The zero-order valence-corrected chi connectivity index (χ0v) is 28.4. The zero-order chi connectivity index (χ0) is 33.3. The number of hydrogen-bond donors (Lipinski definition) is 0. The monoisotopic (exact) mass is 658 g/mol. The molecule has 0 unspecified atom stereocenters. The number of fused-ring (bicyclic) bond motifs is 3. The maximum Gasteiger partial charge on any atom is 0.410 e. The molecule has 48 heavy (non-hydrogen) atoms. The SMILES string of the molecule is Cn1c2ccncc2c2ccc(-c3ccc(OC4CC(OCC5(COCCCOC6CN(C(=O)OC(C)(C)C)C6)COC5)C4)nc3)cc21. The highest BCUT2D eigenvalue weighted by molar-refractivity contribution is 6.08. The summed E-state index contributed by atoms with van der Waals surface area (Å²) in [5.41, 5.74) is 3.94. The molecule has 7 rings (SSSR count). The third-order valence-corrected chi connectivity index (χ3v) is 9.35. The van der Waals surface area contributed by atoms with E-state index in [1.54, 1.807) is 4.90 Å². The Kier molecular flexibility index (Phi) is 9.30. The summed E-state index contributed by atoms with van der Waals surface area (Å²) in [6.45, 7) is 10.5. The molecule has 0 radical (unpaired) electrons. The van der Waals surface area contributed by atoms with Crippen LogP contribution in [-0.2, 0) is 30.7 Å². The molecule has 5 heterocycles. The fourth-order valence-electron chi connectivity index (χ4n) is 6.39. The third kappa shape index (κ3) is 7.29. The van der Waals surface area contributed by atoms with E-state index in [0.29, 0.717) is 58.6 Å². The molecule has 0 spiro atoms. The summed E-state index contributed by atoms with van der Waals surface area (Å²) < 4.78 is 37.4. The minimum Gasteiger partial charge on any atom is -0.474 e. The van der Waals surface area contributed by atoms with Gasteiger partial charge >= 0.3 is 6.09 Å². The van der Waals surface area contributed by atoms with Crippen molar-refractivity contribution in [1.82, 2.24) is 19.4 Å². The van der Waals surface area contributed by atoms with Gasteiger partial charge in [-0.3, -0.25) is 4.98 Å². The van der Waals surface area contributed by atoms with Crippen molar-refractivity contribution < 1.29 is 33.2 Å². The van der Waals surface area contributed by atoms with Crippen LogP contribution in [0, 0.1) is 5.41 Å². The second-order valence-corrected chi connectivity index (χ2v) is 14.5. The van der Waals surface area contributed by atoms with Crippen molar-refractivity contribution in [3.8, 4) is 17.0 Å². The Balaban J connectivity index is 0.783. The maximum atomic E-state index is 12.0. The van der Waals surface area contributed by atoms with Crippen molar-refractivity contribution in [1.29, 1.82) is 0 Å². The fraction of sp³-hybridized carbons (Fsp3) is 0.541. The molecule has 3 aromatic heterocycles. The average molecular weight is 659 g/mol. The Morgan fingerprint density at radius 3 is 2.46 bits per heavy atom. The predicted octanol–water partition coefficient (Wildman–Crippen LogP) is 5.77. The highest BCUT2D eigenvalue weighted by Gasteiger charge is 2.42. The molecule has 3 fully saturated rings. The zero-order valence-electron chi connectivity index (χ0n) is 28.4. The van der Waals surface area contributed by atoms with Gasteiger partial charge in [0.2, 0.25) is 5.88 Å². The second-order valence-electron chi connectivity index (χ2n) is 14.5. The van der Waals surface area contributed by atoms with Crippen LogP contribution in [0.15, 0.2) is 55.0 Å². The predicted molar refractivity (Wildman–Crippen MR) is 181 cm³/mol. The number of pyridine rings is 2. The average Bonchev–Trinajstić information content (AvgIpc) is 3.29. The molecule has 11 heteroatoms. The van der Waals surface area contributed by atoms with Gasteiger partial charge in [-0.2, -0.15) is 0 Å². The number of carbonyl (C=O) groups is 1. The Bertz CT molecular complexity index is 1720. The van der Waals surface area contributed by atoms with Gasteiger partial charge in [0.05, 0.1) is 62.7 Å².